The Hall–Kier alpha value is -6.05. The van der Waals surface area contributed by atoms with Gasteiger partial charge in [0.15, 0.2) is 0 Å². The second-order valence-electron chi connectivity index (χ2n) is 16.9. The first kappa shape index (κ1) is 42.6. The maximum absolute atomic E-state index is 16.3. The number of esters is 2. The number of aliphatic hydroxyl groups is 1. The zero-order valence-electron chi connectivity index (χ0n) is 35.4. The summed E-state index contributed by atoms with van der Waals surface area (Å²) < 4.78 is 17.4. The Labute approximate surface area is 361 Å². The van der Waals surface area contributed by atoms with E-state index < -0.39 is 71.4 Å². The molecule has 4 aliphatic heterocycles. The summed E-state index contributed by atoms with van der Waals surface area (Å²) >= 11 is 0. The Balaban J connectivity index is 1.41. The second kappa shape index (κ2) is 18.1. The molecule has 4 aliphatic rings. The molecule has 4 aromatic rings. The van der Waals surface area contributed by atoms with Crippen LogP contribution in [0.15, 0.2) is 109 Å². The van der Waals surface area contributed by atoms with Crippen LogP contribution in [-0.4, -0.2) is 90.2 Å². The summed E-state index contributed by atoms with van der Waals surface area (Å²) in [6.07, 6.45) is 3.58. The Bertz CT molecular complexity index is 2260. The minimum absolute atomic E-state index is 0.0624. The fourth-order valence-electron chi connectivity index (χ4n) is 10.2. The average Bonchev–Trinajstić information content (AvgIpc) is 3.74. The molecule has 3 fully saturated rings. The molecule has 3 saturated heterocycles. The zero-order chi connectivity index (χ0) is 43.5. The number of fused-ring (bicyclic) bond motifs is 3. The molecule has 1 spiro atoms. The summed E-state index contributed by atoms with van der Waals surface area (Å²) in [6.45, 7) is 4.28. The number of carbonyl (C=O) groups excluding carboxylic acids is 5. The van der Waals surface area contributed by atoms with Crippen LogP contribution in [0.1, 0.15) is 86.4 Å². The van der Waals surface area contributed by atoms with Crippen LogP contribution < -0.4 is 15.0 Å². The van der Waals surface area contributed by atoms with Crippen molar-refractivity contribution in [3.05, 3.63) is 131 Å². The van der Waals surface area contributed by atoms with Crippen LogP contribution in [-0.2, 0) is 34.1 Å². The number of benzene rings is 4. The number of hydrogen-bond acceptors (Lipinski definition) is 10. The highest BCUT2D eigenvalue weighted by Crippen LogP contribution is 2.66. The number of imide groups is 1. The van der Waals surface area contributed by atoms with E-state index in [1.165, 1.54) is 7.11 Å². The molecule has 7 unspecified atom stereocenters. The molecule has 13 heteroatoms. The predicted octanol–water partition coefficient (Wildman–Crippen LogP) is 6.42. The van der Waals surface area contributed by atoms with Gasteiger partial charge >= 0.3 is 18.0 Å². The summed E-state index contributed by atoms with van der Waals surface area (Å²) in [5.74, 6) is -3.68. The number of carbonyl (C=O) groups is 5. The van der Waals surface area contributed by atoms with E-state index in [2.05, 4.69) is 5.32 Å². The Morgan fingerprint density at radius 2 is 1.40 bits per heavy atom. The molecule has 2 N–H and O–H groups in total. The first-order valence-corrected chi connectivity index (χ1v) is 21.7. The number of aliphatic hydroxyl groups excluding tert-OH is 1. The van der Waals surface area contributed by atoms with E-state index in [-0.39, 0.29) is 24.8 Å². The van der Waals surface area contributed by atoms with Crippen LogP contribution in [0.5, 0.6) is 5.75 Å². The Morgan fingerprint density at radius 3 is 2.03 bits per heavy atom. The number of nitrogens with zero attached hydrogens (tertiary/aromatic N) is 3. The summed E-state index contributed by atoms with van der Waals surface area (Å²) in [5.41, 5.74) is 0.880. The van der Waals surface area contributed by atoms with Gasteiger partial charge in [0.1, 0.15) is 36.0 Å². The van der Waals surface area contributed by atoms with Gasteiger partial charge in [0, 0.05) is 13.1 Å². The van der Waals surface area contributed by atoms with Crippen LogP contribution >= 0.6 is 0 Å². The third-order valence-electron chi connectivity index (χ3n) is 13.0. The maximum Gasteiger partial charge on any atom is 0.329 e. The topological polar surface area (TPSA) is 155 Å². The molecule has 4 aromatic carbocycles. The minimum atomic E-state index is -1.89. The number of hydrogen-bond donors (Lipinski definition) is 2. The van der Waals surface area contributed by atoms with Gasteiger partial charge in [0.05, 0.1) is 37.4 Å². The lowest BCUT2D eigenvalue weighted by Gasteiger charge is -2.46. The van der Waals surface area contributed by atoms with Gasteiger partial charge < -0.3 is 29.5 Å². The quantitative estimate of drug-likeness (QED) is 0.171. The van der Waals surface area contributed by atoms with Crippen molar-refractivity contribution in [2.24, 2.45) is 11.8 Å². The first-order valence-electron chi connectivity index (χ1n) is 21.7. The van der Waals surface area contributed by atoms with Crippen molar-refractivity contribution in [1.82, 2.24) is 15.1 Å². The van der Waals surface area contributed by atoms with Gasteiger partial charge in [-0.05, 0) is 59.2 Å². The normalized spacial score (nSPS) is 25.3. The van der Waals surface area contributed by atoms with Crippen LogP contribution in [0, 0.1) is 11.8 Å². The molecule has 8 rings (SSSR count). The van der Waals surface area contributed by atoms with E-state index in [0.29, 0.717) is 30.0 Å². The molecule has 0 aromatic heterocycles. The average molecular weight is 843 g/mol. The fourth-order valence-corrected chi connectivity index (χ4v) is 10.2. The third-order valence-corrected chi connectivity index (χ3v) is 13.0. The highest BCUT2D eigenvalue weighted by atomic mass is 16.6. The van der Waals surface area contributed by atoms with Gasteiger partial charge in [-0.3, -0.25) is 19.3 Å². The van der Waals surface area contributed by atoms with Crippen molar-refractivity contribution < 1.29 is 43.3 Å². The molecule has 0 radical (unpaired) electrons. The van der Waals surface area contributed by atoms with Crippen molar-refractivity contribution in [3.8, 4) is 5.75 Å². The van der Waals surface area contributed by atoms with Gasteiger partial charge in [-0.1, -0.05) is 124 Å². The standard InChI is InChI=1S/C49H54N4O9/c1-31(2)39(45(56)60-3)50-48(59)52-37-22-14-13-21-36(37)49(47(52)58)38(44(55)51-27-15-5-4-6-16-28-51)41-46(57)62-42(33-19-11-8-12-20-33)40(32-17-9-7-10-18-32)53(41)43(49)34-23-25-35(26-24-34)61-30-29-54/h7-14,17-26,31,38-43,54H,4-6,15-16,27-30H2,1-3H3,(H,50,59). The van der Waals surface area contributed by atoms with Crippen molar-refractivity contribution >= 4 is 35.5 Å². The number of rotatable bonds is 10. The Morgan fingerprint density at radius 1 is 0.790 bits per heavy atom. The van der Waals surface area contributed by atoms with Crippen molar-refractivity contribution in [3.63, 3.8) is 0 Å². The van der Waals surface area contributed by atoms with Crippen molar-refractivity contribution in [1.29, 1.82) is 0 Å². The van der Waals surface area contributed by atoms with E-state index in [9.17, 15) is 14.7 Å². The highest BCUT2D eigenvalue weighted by Gasteiger charge is 2.76. The van der Waals surface area contributed by atoms with Crippen molar-refractivity contribution in [2.75, 3.05) is 38.3 Å². The number of anilines is 1. The fraction of sp³-hybridized carbons (Fsp3) is 0.408. The third kappa shape index (κ3) is 7.40. The van der Waals surface area contributed by atoms with Crippen LogP contribution in [0.4, 0.5) is 10.5 Å². The molecular formula is C49H54N4O9. The van der Waals surface area contributed by atoms with Crippen LogP contribution in [0.2, 0.25) is 0 Å². The number of para-hydroxylation sites is 1. The molecule has 4 heterocycles. The number of cyclic esters (lactones) is 1. The van der Waals surface area contributed by atoms with Gasteiger partial charge in [0.2, 0.25) is 11.8 Å². The molecule has 13 nitrogen and oxygen atoms in total. The molecule has 0 aliphatic carbocycles. The summed E-state index contributed by atoms with van der Waals surface area (Å²) in [5, 5.41) is 12.3. The van der Waals surface area contributed by atoms with Crippen molar-refractivity contribution in [2.45, 2.75) is 81.6 Å². The largest absolute Gasteiger partial charge is 0.491 e. The minimum Gasteiger partial charge on any atom is -0.491 e. The lowest BCUT2D eigenvalue weighted by molar-refractivity contribution is -0.179. The lowest BCUT2D eigenvalue weighted by Crippen LogP contribution is -2.58. The number of amides is 4. The van der Waals surface area contributed by atoms with Gasteiger partial charge in [-0.2, -0.15) is 0 Å². The highest BCUT2D eigenvalue weighted by molar-refractivity contribution is 6.25. The first-order chi connectivity index (χ1) is 30.1. The van der Waals surface area contributed by atoms with Gasteiger partial charge in [-0.25, -0.2) is 14.5 Å². The second-order valence-corrected chi connectivity index (χ2v) is 16.9. The number of ether oxygens (including phenoxy) is 3. The number of urea groups is 1. The molecule has 7 atom stereocenters. The van der Waals surface area contributed by atoms with E-state index in [0.717, 1.165) is 48.1 Å². The zero-order valence-corrected chi connectivity index (χ0v) is 35.4. The smallest absolute Gasteiger partial charge is 0.329 e. The monoisotopic (exact) mass is 842 g/mol. The number of nitrogens with one attached hydrogen (secondary N) is 1. The molecule has 0 bridgehead atoms. The lowest BCUT2D eigenvalue weighted by atomic mass is 9.65. The summed E-state index contributed by atoms with van der Waals surface area (Å²) in [7, 11) is 1.24. The molecule has 4 amide bonds. The van der Waals surface area contributed by atoms with Crippen LogP contribution in [0.25, 0.3) is 0 Å². The Kier molecular flexibility index (Phi) is 12.5. The summed E-state index contributed by atoms with van der Waals surface area (Å²) in [6, 6.07) is 28.2. The number of likely N-dealkylation sites (tertiary alicyclic amines) is 1. The van der Waals surface area contributed by atoms with E-state index in [4.69, 9.17) is 14.2 Å². The number of morpholine rings is 1. The SMILES string of the molecule is COC(=O)C(NC(=O)N1C(=O)C2(c3ccccc31)C(C(=O)N1CCCCCCC1)C1C(=O)OC(c3ccccc3)C(c3ccccc3)N1C2c1ccc(OCCO)cc1)C(C)C. The molecular weight excluding hydrogens is 789 g/mol. The van der Waals surface area contributed by atoms with E-state index in [1.807, 2.05) is 77.7 Å². The van der Waals surface area contributed by atoms with Crippen LogP contribution in [0.3, 0.4) is 0 Å². The number of methoxy groups -OCH3 is 1. The molecule has 0 saturated carbocycles. The van der Waals surface area contributed by atoms with Gasteiger partial charge in [0.25, 0.3) is 0 Å². The summed E-state index contributed by atoms with van der Waals surface area (Å²) in [4.78, 5) is 80.2. The molecule has 62 heavy (non-hydrogen) atoms. The molecule has 324 valence electrons. The maximum atomic E-state index is 16.3. The van der Waals surface area contributed by atoms with E-state index >= 15 is 14.4 Å². The predicted molar refractivity (Wildman–Crippen MR) is 230 cm³/mol. The van der Waals surface area contributed by atoms with E-state index in [1.54, 1.807) is 55.1 Å². The van der Waals surface area contributed by atoms with Gasteiger partial charge in [-0.15, -0.1) is 0 Å².